The highest BCUT2D eigenvalue weighted by atomic mass is 79.9. The van der Waals surface area contributed by atoms with Gasteiger partial charge < -0.3 is 10.2 Å². The lowest BCUT2D eigenvalue weighted by atomic mass is 10.3. The van der Waals surface area contributed by atoms with Crippen molar-refractivity contribution in [2.75, 3.05) is 5.33 Å². The summed E-state index contributed by atoms with van der Waals surface area (Å²) < 4.78 is 0. The van der Waals surface area contributed by atoms with Gasteiger partial charge in [0, 0.05) is 5.33 Å². The van der Waals surface area contributed by atoms with Gasteiger partial charge in [-0.15, -0.1) is 6.58 Å². The van der Waals surface area contributed by atoms with Crippen LogP contribution in [0.3, 0.4) is 0 Å². The Hall–Kier alpha value is -0.960. The Morgan fingerprint density at radius 2 is 1.38 bits per heavy atom. The van der Waals surface area contributed by atoms with Crippen LogP contribution in [0.5, 0.6) is 11.5 Å². The fourth-order valence-electron chi connectivity index (χ4n) is 0.453. The van der Waals surface area contributed by atoms with Gasteiger partial charge >= 0.3 is 0 Å². The summed E-state index contributed by atoms with van der Waals surface area (Å²) in [5.74, 6) is 0.339. The third-order valence-electron chi connectivity index (χ3n) is 0.959. The van der Waals surface area contributed by atoms with Crippen LogP contribution in [0.25, 0.3) is 0 Å². The molecule has 0 aliphatic heterocycles. The van der Waals surface area contributed by atoms with Crippen molar-refractivity contribution in [2.24, 2.45) is 0 Å². The minimum absolute atomic E-state index is 0. The van der Waals surface area contributed by atoms with E-state index in [4.69, 9.17) is 10.2 Å². The van der Waals surface area contributed by atoms with Crippen LogP contribution in [0.15, 0.2) is 36.9 Å². The van der Waals surface area contributed by atoms with Crippen molar-refractivity contribution in [3.05, 3.63) is 36.9 Å². The molecular weight excluding hydrogens is 232 g/mol. The van der Waals surface area contributed by atoms with Crippen LogP contribution in [0.4, 0.5) is 0 Å². The van der Waals surface area contributed by atoms with Crippen molar-refractivity contribution < 1.29 is 10.2 Å². The van der Waals surface area contributed by atoms with Gasteiger partial charge in [-0.25, -0.2) is 0 Å². The average molecular weight is 247 g/mol. The summed E-state index contributed by atoms with van der Waals surface area (Å²) in [5, 5.41) is 18.2. The van der Waals surface area contributed by atoms with Crippen LogP contribution in [-0.2, 0) is 0 Å². The van der Waals surface area contributed by atoms with Gasteiger partial charge in [-0.2, -0.15) is 0 Å². The summed E-state index contributed by atoms with van der Waals surface area (Å²) in [6.45, 7) is 3.43. The molecule has 1 rings (SSSR count). The number of halogens is 1. The maximum atomic E-state index is 8.65. The van der Waals surface area contributed by atoms with E-state index in [9.17, 15) is 0 Å². The first kappa shape index (κ1) is 14.6. The van der Waals surface area contributed by atoms with Gasteiger partial charge in [0.1, 0.15) is 11.5 Å². The molecule has 0 heterocycles. The van der Waals surface area contributed by atoms with E-state index in [1.54, 1.807) is 6.08 Å². The topological polar surface area (TPSA) is 40.5 Å². The zero-order valence-electron chi connectivity index (χ0n) is 6.57. The summed E-state index contributed by atoms with van der Waals surface area (Å²) in [5.41, 5.74) is 0. The minimum Gasteiger partial charge on any atom is -0.508 e. The van der Waals surface area contributed by atoms with Crippen molar-refractivity contribution in [1.29, 1.82) is 0 Å². The van der Waals surface area contributed by atoms with E-state index in [0.29, 0.717) is 0 Å². The number of hydrogen-bond donors (Lipinski definition) is 2. The monoisotopic (exact) mass is 246 g/mol. The van der Waals surface area contributed by atoms with Crippen molar-refractivity contribution in [1.82, 2.24) is 0 Å². The van der Waals surface area contributed by atoms with Crippen LogP contribution < -0.4 is 0 Å². The number of rotatable bonds is 1. The summed E-state index contributed by atoms with van der Waals surface area (Å²) >= 11 is 3.13. The van der Waals surface area contributed by atoms with Gasteiger partial charge in [-0.1, -0.05) is 29.4 Å². The molecule has 0 bridgehead atoms. The van der Waals surface area contributed by atoms with Crippen molar-refractivity contribution >= 4 is 15.9 Å². The normalized spacial score (nSPS) is 7.46. The molecule has 0 radical (unpaired) electrons. The zero-order chi connectivity index (χ0) is 9.40. The molecule has 0 atom stereocenters. The van der Waals surface area contributed by atoms with E-state index in [1.165, 1.54) is 24.3 Å². The molecule has 0 fully saturated rings. The fourth-order valence-corrected chi connectivity index (χ4v) is 0.453. The van der Waals surface area contributed by atoms with Crippen molar-refractivity contribution in [2.45, 2.75) is 7.43 Å². The van der Waals surface area contributed by atoms with Gasteiger partial charge in [0.05, 0.1) is 0 Å². The first-order valence-electron chi connectivity index (χ1n) is 3.35. The second kappa shape index (κ2) is 9.13. The van der Waals surface area contributed by atoms with Gasteiger partial charge in [0.25, 0.3) is 0 Å². The molecule has 0 spiro atoms. The maximum Gasteiger partial charge on any atom is 0.115 e. The first-order valence-corrected chi connectivity index (χ1v) is 4.47. The van der Waals surface area contributed by atoms with Crippen LogP contribution >= 0.6 is 15.9 Å². The molecule has 0 aromatic heterocycles. The Labute approximate surface area is 87.7 Å². The Kier molecular flexibility index (Phi) is 10.2. The molecule has 0 amide bonds. The second-order valence-electron chi connectivity index (χ2n) is 1.96. The van der Waals surface area contributed by atoms with Crippen molar-refractivity contribution in [3.8, 4) is 11.5 Å². The molecule has 3 heteroatoms. The number of phenolic OH excluding ortho intramolecular Hbond substituents is 2. The lowest BCUT2D eigenvalue weighted by Crippen LogP contribution is -1.61. The largest absolute Gasteiger partial charge is 0.508 e. The van der Waals surface area contributed by atoms with E-state index in [1.807, 2.05) is 0 Å². The Morgan fingerprint density at radius 3 is 1.54 bits per heavy atom. The second-order valence-corrected chi connectivity index (χ2v) is 2.61. The lowest BCUT2D eigenvalue weighted by molar-refractivity contribution is 0.460. The van der Waals surface area contributed by atoms with Gasteiger partial charge in [0.15, 0.2) is 0 Å². The molecule has 0 aliphatic rings. The van der Waals surface area contributed by atoms with Crippen LogP contribution in [0, 0.1) is 0 Å². The van der Waals surface area contributed by atoms with E-state index in [0.717, 1.165) is 5.33 Å². The smallest absolute Gasteiger partial charge is 0.115 e. The molecule has 13 heavy (non-hydrogen) atoms. The van der Waals surface area contributed by atoms with E-state index in [2.05, 4.69) is 22.5 Å². The number of alkyl halides is 1. The highest BCUT2D eigenvalue weighted by Crippen LogP contribution is 2.13. The molecule has 0 saturated carbocycles. The Bertz CT molecular complexity index is 198. The molecule has 74 valence electrons. The van der Waals surface area contributed by atoms with Crippen LogP contribution in [0.1, 0.15) is 7.43 Å². The number of phenols is 2. The summed E-state index contributed by atoms with van der Waals surface area (Å²) in [6, 6.07) is 5.70. The minimum atomic E-state index is 0. The number of aromatic hydroxyl groups is 2. The number of benzene rings is 1. The molecule has 2 nitrogen and oxygen atoms in total. The molecule has 1 aromatic rings. The number of allylic oxidation sites excluding steroid dienone is 1. The third kappa shape index (κ3) is 8.95. The van der Waals surface area contributed by atoms with Gasteiger partial charge in [-0.3, -0.25) is 0 Å². The van der Waals surface area contributed by atoms with E-state index in [-0.39, 0.29) is 18.9 Å². The lowest BCUT2D eigenvalue weighted by Gasteiger charge is -1.88. The summed E-state index contributed by atoms with van der Waals surface area (Å²) in [7, 11) is 0. The molecule has 2 N–H and O–H groups in total. The predicted molar refractivity (Wildman–Crippen MR) is 60.5 cm³/mol. The zero-order valence-corrected chi connectivity index (χ0v) is 8.16. The highest BCUT2D eigenvalue weighted by Gasteiger charge is 1.84. The predicted octanol–water partition coefficient (Wildman–Crippen LogP) is 3.30. The van der Waals surface area contributed by atoms with Gasteiger partial charge in [0.2, 0.25) is 0 Å². The SMILES string of the molecule is C.C=CCBr.Oc1ccc(O)cc1. The van der Waals surface area contributed by atoms with E-state index < -0.39 is 0 Å². The Morgan fingerprint density at radius 1 is 1.15 bits per heavy atom. The standard InChI is InChI=1S/C6H6O2.C3H5Br.CH4/c7-5-1-2-6(8)4-3-5;1-2-3-4;/h1-4,7-8H;2H,1,3H2;1H4. The highest BCUT2D eigenvalue weighted by molar-refractivity contribution is 9.09. The molecule has 0 saturated heterocycles. The molecular formula is C10H15BrO2. The Balaban J connectivity index is 0. The first-order chi connectivity index (χ1) is 5.70. The third-order valence-corrected chi connectivity index (χ3v) is 1.42. The molecule has 1 aromatic carbocycles. The summed E-state index contributed by atoms with van der Waals surface area (Å²) in [4.78, 5) is 0. The van der Waals surface area contributed by atoms with E-state index >= 15 is 0 Å². The van der Waals surface area contributed by atoms with Crippen LogP contribution in [0.2, 0.25) is 0 Å². The van der Waals surface area contributed by atoms with Gasteiger partial charge in [-0.05, 0) is 24.3 Å². The average Bonchev–Trinajstić information content (AvgIpc) is 2.11. The van der Waals surface area contributed by atoms with Crippen molar-refractivity contribution in [3.63, 3.8) is 0 Å². The van der Waals surface area contributed by atoms with Crippen LogP contribution in [-0.4, -0.2) is 15.5 Å². The molecule has 0 aliphatic carbocycles. The maximum absolute atomic E-state index is 8.65. The summed E-state index contributed by atoms with van der Waals surface area (Å²) in [6.07, 6.45) is 1.79. The fraction of sp³-hybridized carbons (Fsp3) is 0.200. The number of hydrogen-bond acceptors (Lipinski definition) is 2. The molecule has 0 unspecified atom stereocenters. The quantitative estimate of drug-likeness (QED) is 0.454.